The molecule has 0 unspecified atom stereocenters. The Morgan fingerprint density at radius 2 is 2.04 bits per heavy atom. The summed E-state index contributed by atoms with van der Waals surface area (Å²) in [6.07, 6.45) is 4.25. The quantitative estimate of drug-likeness (QED) is 0.559. The fourth-order valence-electron chi connectivity index (χ4n) is 2.36. The summed E-state index contributed by atoms with van der Waals surface area (Å²) in [6.45, 7) is 0.555. The first kappa shape index (κ1) is 18.4. The molecule has 10 heteroatoms. The molecule has 142 valence electrons. The van der Waals surface area contributed by atoms with Crippen molar-refractivity contribution in [3.63, 3.8) is 0 Å². The van der Waals surface area contributed by atoms with Crippen LogP contribution in [0.2, 0.25) is 0 Å². The monoisotopic (exact) mass is 374 g/mol. The fourth-order valence-corrected chi connectivity index (χ4v) is 2.36. The van der Waals surface area contributed by atoms with Crippen molar-refractivity contribution in [1.29, 1.82) is 0 Å². The molecule has 3 aromatic rings. The molecule has 27 heavy (non-hydrogen) atoms. The maximum absolute atomic E-state index is 10.8. The molecule has 0 aliphatic heterocycles. The number of ether oxygens (including phenoxy) is 4. The van der Waals surface area contributed by atoms with Crippen LogP contribution in [0.4, 0.5) is 0 Å². The summed E-state index contributed by atoms with van der Waals surface area (Å²) in [5.74, 6) is 0.677. The number of rotatable bonds is 9. The van der Waals surface area contributed by atoms with Gasteiger partial charge in [-0.05, 0) is 6.07 Å². The summed E-state index contributed by atoms with van der Waals surface area (Å²) in [5.41, 5.74) is 0.603. The van der Waals surface area contributed by atoms with Gasteiger partial charge in [0.1, 0.15) is 19.5 Å². The Morgan fingerprint density at radius 1 is 1.19 bits per heavy atom. The number of methoxy groups -OCH3 is 2. The number of carboxylic acids is 1. The van der Waals surface area contributed by atoms with Crippen LogP contribution < -0.4 is 14.2 Å². The van der Waals surface area contributed by atoms with E-state index in [-0.39, 0.29) is 12.4 Å². The highest BCUT2D eigenvalue weighted by Crippen LogP contribution is 2.35. The van der Waals surface area contributed by atoms with Gasteiger partial charge in [-0.3, -0.25) is 9.48 Å². The minimum Gasteiger partial charge on any atom is -0.493 e. The van der Waals surface area contributed by atoms with Gasteiger partial charge < -0.3 is 24.1 Å². The first-order chi connectivity index (χ1) is 13.1. The zero-order chi connectivity index (χ0) is 19.2. The fraction of sp³-hybridized carbons (Fsp3) is 0.294. The van der Waals surface area contributed by atoms with Crippen molar-refractivity contribution in [3.8, 4) is 23.1 Å². The zero-order valence-electron chi connectivity index (χ0n) is 14.8. The van der Waals surface area contributed by atoms with Crippen molar-refractivity contribution < 1.29 is 28.8 Å². The molecule has 0 aliphatic carbocycles. The van der Waals surface area contributed by atoms with E-state index in [0.717, 1.165) is 0 Å². The molecule has 0 amide bonds. The summed E-state index contributed by atoms with van der Waals surface area (Å²) in [7, 11) is 3.13. The van der Waals surface area contributed by atoms with Crippen LogP contribution in [0.3, 0.4) is 0 Å². The van der Waals surface area contributed by atoms with E-state index in [0.29, 0.717) is 41.4 Å². The molecular formula is C17H18N4O6. The molecule has 0 bridgehead atoms. The van der Waals surface area contributed by atoms with Crippen molar-refractivity contribution in [2.24, 2.45) is 0 Å². The van der Waals surface area contributed by atoms with Crippen LogP contribution in [-0.2, 0) is 16.1 Å². The topological polar surface area (TPSA) is 118 Å². The molecule has 0 saturated heterocycles. The lowest BCUT2D eigenvalue weighted by Gasteiger charge is -2.12. The van der Waals surface area contributed by atoms with Crippen molar-refractivity contribution in [2.45, 2.75) is 6.54 Å². The van der Waals surface area contributed by atoms with Crippen LogP contribution in [0.5, 0.6) is 23.1 Å². The van der Waals surface area contributed by atoms with Crippen molar-refractivity contribution in [1.82, 2.24) is 19.7 Å². The maximum Gasteiger partial charge on any atom is 0.325 e. The Labute approximate surface area is 154 Å². The molecule has 2 aromatic heterocycles. The van der Waals surface area contributed by atoms with E-state index in [2.05, 4.69) is 15.1 Å². The molecule has 1 N–H and O–H groups in total. The smallest absolute Gasteiger partial charge is 0.325 e. The molecule has 0 radical (unpaired) electrons. The lowest BCUT2D eigenvalue weighted by atomic mass is 10.2. The first-order valence-electron chi connectivity index (χ1n) is 7.97. The lowest BCUT2D eigenvalue weighted by molar-refractivity contribution is -0.137. The molecule has 2 heterocycles. The van der Waals surface area contributed by atoms with Crippen molar-refractivity contribution in [2.75, 3.05) is 27.4 Å². The van der Waals surface area contributed by atoms with E-state index in [4.69, 9.17) is 24.1 Å². The number of carbonyl (C=O) groups is 1. The number of nitrogens with zero attached hydrogens (tertiary/aromatic N) is 4. The van der Waals surface area contributed by atoms with Gasteiger partial charge in [0, 0.05) is 13.2 Å². The summed E-state index contributed by atoms with van der Waals surface area (Å²) in [6, 6.07) is 3.45. The molecule has 0 spiro atoms. The van der Waals surface area contributed by atoms with Crippen LogP contribution in [0.1, 0.15) is 0 Å². The average Bonchev–Trinajstić information content (AvgIpc) is 3.07. The molecule has 0 saturated carbocycles. The average molecular weight is 374 g/mol. The third-order valence-electron chi connectivity index (χ3n) is 3.55. The highest BCUT2D eigenvalue weighted by atomic mass is 16.5. The molecule has 0 fully saturated rings. The molecule has 3 rings (SSSR count). The molecule has 0 aliphatic rings. The molecule has 0 atom stereocenters. The summed E-state index contributed by atoms with van der Waals surface area (Å²) >= 11 is 0. The van der Waals surface area contributed by atoms with Crippen LogP contribution >= 0.6 is 0 Å². The second-order valence-corrected chi connectivity index (χ2v) is 5.41. The molecule has 10 nitrogen and oxygen atoms in total. The minimum absolute atomic E-state index is 0.260. The van der Waals surface area contributed by atoms with Gasteiger partial charge in [-0.2, -0.15) is 5.10 Å². The summed E-state index contributed by atoms with van der Waals surface area (Å²) in [4.78, 5) is 19.1. The first-order valence-corrected chi connectivity index (χ1v) is 7.97. The summed E-state index contributed by atoms with van der Waals surface area (Å²) in [5, 5.41) is 13.4. The van der Waals surface area contributed by atoms with Crippen LogP contribution in [0, 0.1) is 0 Å². The predicted octanol–water partition coefficient (Wildman–Crippen LogP) is 1.74. The number of hydrogen-bond acceptors (Lipinski definition) is 8. The summed E-state index contributed by atoms with van der Waals surface area (Å²) < 4.78 is 23.0. The van der Waals surface area contributed by atoms with Gasteiger partial charge in [0.15, 0.2) is 17.2 Å². The number of fused-ring (bicyclic) bond motifs is 1. The standard InChI is InChI=1S/C17H18N4O6/c1-24-3-4-26-15-6-13-12(5-14(15)25-2)17(19-10-18-13)27-11-7-20-21(8-11)9-16(22)23/h5-8,10H,3-4,9H2,1-2H3,(H,22,23). The Hall–Kier alpha value is -3.40. The highest BCUT2D eigenvalue weighted by molar-refractivity contribution is 5.87. The van der Waals surface area contributed by atoms with Crippen LogP contribution in [-0.4, -0.2) is 58.3 Å². The van der Waals surface area contributed by atoms with Gasteiger partial charge in [0.2, 0.25) is 5.88 Å². The molecule has 1 aromatic carbocycles. The van der Waals surface area contributed by atoms with Gasteiger partial charge in [0.05, 0.1) is 37.0 Å². The van der Waals surface area contributed by atoms with E-state index >= 15 is 0 Å². The second kappa shape index (κ2) is 8.32. The van der Waals surface area contributed by atoms with E-state index in [1.54, 1.807) is 19.2 Å². The number of aliphatic carboxylic acids is 1. The van der Waals surface area contributed by atoms with Gasteiger partial charge in [0.25, 0.3) is 0 Å². The van der Waals surface area contributed by atoms with Crippen molar-refractivity contribution >= 4 is 16.9 Å². The van der Waals surface area contributed by atoms with Gasteiger partial charge in [-0.25, -0.2) is 9.97 Å². The highest BCUT2D eigenvalue weighted by Gasteiger charge is 2.14. The zero-order valence-corrected chi connectivity index (χ0v) is 14.8. The SMILES string of the molecule is COCCOc1cc2ncnc(Oc3cnn(CC(=O)O)c3)c2cc1OC. The largest absolute Gasteiger partial charge is 0.493 e. The predicted molar refractivity (Wildman–Crippen MR) is 93.4 cm³/mol. The van der Waals surface area contributed by atoms with Gasteiger partial charge in [-0.1, -0.05) is 0 Å². The lowest BCUT2D eigenvalue weighted by Crippen LogP contribution is -2.08. The maximum atomic E-state index is 10.8. The number of benzene rings is 1. The normalized spacial score (nSPS) is 10.7. The van der Waals surface area contributed by atoms with Gasteiger partial charge in [-0.15, -0.1) is 0 Å². The Bertz CT molecular complexity index is 942. The van der Waals surface area contributed by atoms with Crippen LogP contribution in [0.15, 0.2) is 30.9 Å². The number of hydrogen-bond donors (Lipinski definition) is 1. The van der Waals surface area contributed by atoms with E-state index in [9.17, 15) is 4.79 Å². The Kier molecular flexibility index (Phi) is 5.67. The third kappa shape index (κ3) is 4.42. The minimum atomic E-state index is -0.997. The third-order valence-corrected chi connectivity index (χ3v) is 3.55. The number of carboxylic acid groups (broad SMARTS) is 1. The van der Waals surface area contributed by atoms with Gasteiger partial charge >= 0.3 is 5.97 Å². The van der Waals surface area contributed by atoms with Crippen LogP contribution in [0.25, 0.3) is 10.9 Å². The van der Waals surface area contributed by atoms with Crippen molar-refractivity contribution in [3.05, 3.63) is 30.9 Å². The second-order valence-electron chi connectivity index (χ2n) is 5.41. The van der Waals surface area contributed by atoms with E-state index in [1.807, 2.05) is 0 Å². The molecular weight excluding hydrogens is 356 g/mol. The Balaban J connectivity index is 1.89. The van der Waals surface area contributed by atoms with E-state index in [1.165, 1.54) is 30.5 Å². The van der Waals surface area contributed by atoms with E-state index < -0.39 is 5.97 Å². The number of aromatic nitrogens is 4. The Morgan fingerprint density at radius 3 is 2.78 bits per heavy atom.